The molecule has 0 saturated carbocycles. The van der Waals surface area contributed by atoms with E-state index in [2.05, 4.69) is 18.4 Å². The van der Waals surface area contributed by atoms with Crippen molar-refractivity contribution in [3.05, 3.63) is 0 Å². The number of rotatable bonds is 41. The molecule has 0 amide bonds. The Bertz CT molecular complexity index is 921. The zero-order chi connectivity index (χ0) is 39.3. The third-order valence-electron chi connectivity index (χ3n) is 9.61. The van der Waals surface area contributed by atoms with E-state index in [1.165, 1.54) is 135 Å². The van der Waals surface area contributed by atoms with E-state index in [9.17, 15) is 23.8 Å². The smallest absolute Gasteiger partial charge is 0.472 e. The average molecular weight is 778 g/mol. The maximum Gasteiger partial charge on any atom is 0.472 e. The minimum atomic E-state index is -4.70. The van der Waals surface area contributed by atoms with E-state index < -0.39 is 51.1 Å². The van der Waals surface area contributed by atoms with Crippen LogP contribution in [-0.4, -0.2) is 59.9 Å². The molecular formula is C41H80NO10P. The molecule has 0 rings (SSSR count). The molecule has 0 saturated heterocycles. The van der Waals surface area contributed by atoms with Crippen LogP contribution in [0.3, 0.4) is 0 Å². The van der Waals surface area contributed by atoms with Gasteiger partial charge in [0.25, 0.3) is 0 Å². The minimum Gasteiger partial charge on any atom is -0.480 e. The number of ether oxygens (including phenoxy) is 2. The van der Waals surface area contributed by atoms with Crippen LogP contribution in [0.2, 0.25) is 0 Å². The Hall–Kier alpha value is -1.52. The Morgan fingerprint density at radius 1 is 0.509 bits per heavy atom. The third kappa shape index (κ3) is 37.2. The second-order valence-electron chi connectivity index (χ2n) is 14.8. The fraction of sp³-hybridized carbons (Fsp3) is 0.927. The highest BCUT2D eigenvalue weighted by Crippen LogP contribution is 2.43. The summed E-state index contributed by atoms with van der Waals surface area (Å²) in [6.07, 6.45) is 34.8. The fourth-order valence-corrected chi connectivity index (χ4v) is 6.96. The second-order valence-corrected chi connectivity index (χ2v) is 16.3. The van der Waals surface area contributed by atoms with E-state index in [-0.39, 0.29) is 19.4 Å². The van der Waals surface area contributed by atoms with Crippen LogP contribution in [0.1, 0.15) is 213 Å². The SMILES string of the molecule is CCCCCCCCCCCCCCCCCCCCCCCC(=O)OC[C@@H](COP(=O)(O)OC[C@H](N)C(=O)O)OC(=O)CCCCCCCCCC. The highest BCUT2D eigenvalue weighted by Gasteiger charge is 2.28. The van der Waals surface area contributed by atoms with Crippen LogP contribution in [0.5, 0.6) is 0 Å². The van der Waals surface area contributed by atoms with Crippen molar-refractivity contribution in [2.24, 2.45) is 5.73 Å². The molecule has 3 atom stereocenters. The second kappa shape index (κ2) is 37.4. The van der Waals surface area contributed by atoms with Gasteiger partial charge in [0, 0.05) is 12.8 Å². The first-order chi connectivity index (χ1) is 25.6. The van der Waals surface area contributed by atoms with Gasteiger partial charge in [0.05, 0.1) is 13.2 Å². The summed E-state index contributed by atoms with van der Waals surface area (Å²) in [5, 5.41) is 8.86. The lowest BCUT2D eigenvalue weighted by Gasteiger charge is -2.20. The van der Waals surface area contributed by atoms with Gasteiger partial charge in [-0.15, -0.1) is 0 Å². The molecule has 0 aliphatic heterocycles. The summed E-state index contributed by atoms with van der Waals surface area (Å²) in [5.41, 5.74) is 5.32. The number of carbonyl (C=O) groups excluding carboxylic acids is 2. The Kier molecular flexibility index (Phi) is 36.3. The molecule has 4 N–H and O–H groups in total. The fourth-order valence-electron chi connectivity index (χ4n) is 6.18. The quantitative estimate of drug-likeness (QED) is 0.0306. The van der Waals surface area contributed by atoms with Gasteiger partial charge in [-0.25, -0.2) is 4.57 Å². The van der Waals surface area contributed by atoms with Gasteiger partial charge in [0.2, 0.25) is 0 Å². The number of carbonyl (C=O) groups is 3. The molecule has 0 aromatic carbocycles. The van der Waals surface area contributed by atoms with Crippen molar-refractivity contribution >= 4 is 25.7 Å². The molecule has 0 spiro atoms. The van der Waals surface area contributed by atoms with Crippen LogP contribution in [0.15, 0.2) is 0 Å². The normalized spacial score (nSPS) is 13.7. The first kappa shape index (κ1) is 51.5. The van der Waals surface area contributed by atoms with Crippen LogP contribution in [0.25, 0.3) is 0 Å². The summed E-state index contributed by atoms with van der Waals surface area (Å²) in [4.78, 5) is 45.7. The van der Waals surface area contributed by atoms with Crippen LogP contribution >= 0.6 is 7.82 Å². The largest absolute Gasteiger partial charge is 0.480 e. The Morgan fingerprint density at radius 3 is 1.19 bits per heavy atom. The number of hydrogen-bond acceptors (Lipinski definition) is 9. The number of unbranched alkanes of at least 4 members (excludes halogenated alkanes) is 27. The molecule has 0 aliphatic rings. The van der Waals surface area contributed by atoms with E-state index in [0.29, 0.717) is 12.8 Å². The van der Waals surface area contributed by atoms with E-state index in [0.717, 1.165) is 38.5 Å². The summed E-state index contributed by atoms with van der Waals surface area (Å²) in [6, 6.07) is -1.51. The molecule has 314 valence electrons. The number of nitrogens with two attached hydrogens (primary N) is 1. The highest BCUT2D eigenvalue weighted by atomic mass is 31.2. The van der Waals surface area contributed by atoms with Gasteiger partial charge in [-0.2, -0.15) is 0 Å². The zero-order valence-corrected chi connectivity index (χ0v) is 34.8. The molecule has 0 radical (unpaired) electrons. The van der Waals surface area contributed by atoms with Crippen LogP contribution in [0.4, 0.5) is 0 Å². The molecular weight excluding hydrogens is 697 g/mol. The predicted octanol–water partition coefficient (Wildman–Crippen LogP) is 11.1. The summed E-state index contributed by atoms with van der Waals surface area (Å²) in [5.74, 6) is -2.37. The lowest BCUT2D eigenvalue weighted by atomic mass is 10.0. The maximum absolute atomic E-state index is 12.5. The van der Waals surface area contributed by atoms with Crippen molar-refractivity contribution in [1.82, 2.24) is 0 Å². The lowest BCUT2D eigenvalue weighted by Crippen LogP contribution is -2.34. The zero-order valence-electron chi connectivity index (χ0n) is 33.9. The van der Waals surface area contributed by atoms with Gasteiger partial charge in [-0.3, -0.25) is 23.4 Å². The topological polar surface area (TPSA) is 172 Å². The lowest BCUT2D eigenvalue weighted by molar-refractivity contribution is -0.161. The first-order valence-electron chi connectivity index (χ1n) is 21.6. The summed E-state index contributed by atoms with van der Waals surface area (Å²) in [7, 11) is -4.70. The molecule has 1 unspecified atom stereocenters. The van der Waals surface area contributed by atoms with Gasteiger partial charge in [0.1, 0.15) is 12.6 Å². The number of hydrogen-bond donors (Lipinski definition) is 3. The van der Waals surface area contributed by atoms with E-state index >= 15 is 0 Å². The van der Waals surface area contributed by atoms with Crippen LogP contribution in [-0.2, 0) is 37.5 Å². The third-order valence-corrected chi connectivity index (χ3v) is 10.6. The molecule has 0 bridgehead atoms. The molecule has 0 aromatic rings. The van der Waals surface area contributed by atoms with Crippen molar-refractivity contribution < 1.29 is 47.5 Å². The van der Waals surface area contributed by atoms with Gasteiger partial charge < -0.3 is 25.2 Å². The number of carboxylic acid groups (broad SMARTS) is 1. The maximum atomic E-state index is 12.5. The van der Waals surface area contributed by atoms with Gasteiger partial charge in [0.15, 0.2) is 6.10 Å². The minimum absolute atomic E-state index is 0.166. The van der Waals surface area contributed by atoms with Crippen LogP contribution in [0, 0.1) is 0 Å². The van der Waals surface area contributed by atoms with Gasteiger partial charge in [-0.05, 0) is 12.8 Å². The van der Waals surface area contributed by atoms with Crippen molar-refractivity contribution in [2.75, 3.05) is 19.8 Å². The van der Waals surface area contributed by atoms with Crippen molar-refractivity contribution in [3.63, 3.8) is 0 Å². The van der Waals surface area contributed by atoms with Gasteiger partial charge >= 0.3 is 25.7 Å². The Labute approximate surface area is 323 Å². The number of aliphatic carboxylic acids is 1. The predicted molar refractivity (Wildman–Crippen MR) is 213 cm³/mol. The number of esters is 2. The van der Waals surface area contributed by atoms with E-state index in [4.69, 9.17) is 24.8 Å². The average Bonchev–Trinajstić information content (AvgIpc) is 3.13. The molecule has 12 heteroatoms. The molecule has 11 nitrogen and oxygen atoms in total. The monoisotopic (exact) mass is 778 g/mol. The molecule has 0 aliphatic carbocycles. The van der Waals surface area contributed by atoms with E-state index in [1.807, 2.05) is 0 Å². The molecule has 0 heterocycles. The molecule has 0 aromatic heterocycles. The first-order valence-corrected chi connectivity index (χ1v) is 23.1. The van der Waals surface area contributed by atoms with Gasteiger partial charge in [-0.1, -0.05) is 187 Å². The Balaban J connectivity index is 4.14. The molecule has 53 heavy (non-hydrogen) atoms. The van der Waals surface area contributed by atoms with E-state index in [1.54, 1.807) is 0 Å². The van der Waals surface area contributed by atoms with Crippen molar-refractivity contribution in [3.8, 4) is 0 Å². The number of phosphoric ester groups is 1. The summed E-state index contributed by atoms with van der Waals surface area (Å²) < 4.78 is 32.6. The molecule has 0 fully saturated rings. The summed E-state index contributed by atoms with van der Waals surface area (Å²) in [6.45, 7) is 2.78. The van der Waals surface area contributed by atoms with Crippen molar-refractivity contribution in [1.29, 1.82) is 0 Å². The standard InChI is InChI=1S/C41H80NO10P/c1-3-5-7-9-11-13-14-15-16-17-18-19-20-21-22-23-24-25-27-28-30-32-39(43)49-34-37(35-50-53(47,48)51-36-38(42)41(45)46)52-40(44)33-31-29-26-12-10-8-6-4-2/h37-38H,3-36,42H2,1-2H3,(H,45,46)(H,47,48)/t37-,38-/m0/s1. The Morgan fingerprint density at radius 2 is 0.830 bits per heavy atom. The summed E-state index contributed by atoms with van der Waals surface area (Å²) >= 11 is 0. The highest BCUT2D eigenvalue weighted by molar-refractivity contribution is 7.47. The van der Waals surface area contributed by atoms with Crippen LogP contribution < -0.4 is 5.73 Å². The number of carboxylic acids is 1. The number of phosphoric acid groups is 1. The van der Waals surface area contributed by atoms with Crippen molar-refractivity contribution in [2.45, 2.75) is 225 Å².